The Kier molecular flexibility index (Phi) is 5.43. The molecule has 2 aromatic rings. The van der Waals surface area contributed by atoms with Gasteiger partial charge in [0.2, 0.25) is 0 Å². The fourth-order valence-electron chi connectivity index (χ4n) is 4.20. The Balaban J connectivity index is 1.32. The SMILES string of the molecule is O=C(N1CC2CN(Cc3cccc(OC(F)(F)F)c3)C[C@H]2C1)n1ccc(C(O)O)n1. The molecule has 0 radical (unpaired) electrons. The number of nitrogens with zero attached hydrogens (tertiary/aromatic N) is 4. The van der Waals surface area contributed by atoms with E-state index >= 15 is 0 Å². The summed E-state index contributed by atoms with van der Waals surface area (Å²) < 4.78 is 42.3. The second-order valence-corrected chi connectivity index (χ2v) is 7.66. The maximum Gasteiger partial charge on any atom is 0.573 e. The van der Waals surface area contributed by atoms with Crippen LogP contribution in [-0.2, 0) is 6.54 Å². The van der Waals surface area contributed by atoms with Crippen molar-refractivity contribution in [3.05, 3.63) is 47.8 Å². The number of aromatic nitrogens is 2. The number of aliphatic hydroxyl groups excluding tert-OH is 1. The zero-order valence-corrected chi connectivity index (χ0v) is 15.9. The lowest BCUT2D eigenvalue weighted by Crippen LogP contribution is -2.36. The number of carbonyl (C=O) groups is 1. The Hall–Kier alpha value is -2.63. The van der Waals surface area contributed by atoms with E-state index in [2.05, 4.69) is 14.7 Å². The third-order valence-corrected chi connectivity index (χ3v) is 5.44. The fourth-order valence-corrected chi connectivity index (χ4v) is 4.20. The van der Waals surface area contributed by atoms with Crippen LogP contribution in [-0.4, -0.2) is 68.4 Å². The first kappa shape index (κ1) is 20.6. The van der Waals surface area contributed by atoms with Gasteiger partial charge in [-0.2, -0.15) is 9.78 Å². The summed E-state index contributed by atoms with van der Waals surface area (Å²) in [6.45, 7) is 3.08. The van der Waals surface area contributed by atoms with Gasteiger partial charge in [0.15, 0.2) is 6.29 Å². The molecular formula is C19H21F3N4O4. The smallest absolute Gasteiger partial charge is 0.406 e. The van der Waals surface area contributed by atoms with Gasteiger partial charge >= 0.3 is 12.4 Å². The number of alkyl halides is 3. The molecule has 2 fully saturated rings. The van der Waals surface area contributed by atoms with E-state index in [0.717, 1.165) is 23.3 Å². The largest absolute Gasteiger partial charge is 0.573 e. The van der Waals surface area contributed by atoms with Crippen molar-refractivity contribution in [1.29, 1.82) is 0 Å². The summed E-state index contributed by atoms with van der Waals surface area (Å²) in [6.07, 6.45) is -5.05. The minimum atomic E-state index is -4.72. The summed E-state index contributed by atoms with van der Waals surface area (Å²) >= 11 is 0. The maximum atomic E-state index is 12.6. The van der Waals surface area contributed by atoms with Crippen molar-refractivity contribution in [2.75, 3.05) is 26.2 Å². The highest BCUT2D eigenvalue weighted by molar-refractivity contribution is 5.76. The normalized spacial score (nSPS) is 22.0. The predicted octanol–water partition coefficient (Wildman–Crippen LogP) is 1.80. The van der Waals surface area contributed by atoms with Gasteiger partial charge in [-0.25, -0.2) is 4.79 Å². The molecule has 2 saturated heterocycles. The van der Waals surface area contributed by atoms with E-state index in [4.69, 9.17) is 10.2 Å². The summed E-state index contributed by atoms with van der Waals surface area (Å²) in [5.74, 6) is 0.298. The van der Waals surface area contributed by atoms with Crippen LogP contribution in [0.3, 0.4) is 0 Å². The van der Waals surface area contributed by atoms with Crippen LogP contribution >= 0.6 is 0 Å². The molecule has 2 aliphatic heterocycles. The lowest BCUT2D eigenvalue weighted by molar-refractivity contribution is -0.274. The van der Waals surface area contributed by atoms with Crippen molar-refractivity contribution in [3.63, 3.8) is 0 Å². The molecule has 162 valence electrons. The molecular weight excluding hydrogens is 405 g/mol. The summed E-state index contributed by atoms with van der Waals surface area (Å²) in [5, 5.41) is 22.1. The van der Waals surface area contributed by atoms with Crippen LogP contribution in [0.15, 0.2) is 36.5 Å². The van der Waals surface area contributed by atoms with Crippen LogP contribution in [0.25, 0.3) is 0 Å². The van der Waals surface area contributed by atoms with E-state index in [1.54, 1.807) is 11.0 Å². The highest BCUT2D eigenvalue weighted by Crippen LogP contribution is 2.33. The summed E-state index contributed by atoms with van der Waals surface area (Å²) in [6, 6.07) is 7.02. The van der Waals surface area contributed by atoms with Crippen LogP contribution in [0.2, 0.25) is 0 Å². The molecule has 0 saturated carbocycles. The van der Waals surface area contributed by atoms with Gasteiger partial charge in [0.1, 0.15) is 11.4 Å². The lowest BCUT2D eigenvalue weighted by atomic mass is 10.0. The molecule has 1 aromatic carbocycles. The molecule has 2 atom stereocenters. The Labute approximate surface area is 170 Å². The number of ether oxygens (including phenoxy) is 1. The average Bonchev–Trinajstić information content (AvgIpc) is 3.34. The van der Waals surface area contributed by atoms with Crippen molar-refractivity contribution >= 4 is 6.03 Å². The number of fused-ring (bicyclic) bond motifs is 1. The highest BCUT2D eigenvalue weighted by Gasteiger charge is 2.42. The predicted molar refractivity (Wildman–Crippen MR) is 97.2 cm³/mol. The Morgan fingerprint density at radius 1 is 1.17 bits per heavy atom. The monoisotopic (exact) mass is 426 g/mol. The van der Waals surface area contributed by atoms with E-state index in [1.165, 1.54) is 30.5 Å². The molecule has 2 N–H and O–H groups in total. The van der Waals surface area contributed by atoms with Crippen molar-refractivity contribution in [3.8, 4) is 5.75 Å². The second-order valence-electron chi connectivity index (χ2n) is 7.66. The first-order valence-electron chi connectivity index (χ1n) is 9.46. The molecule has 30 heavy (non-hydrogen) atoms. The standard InChI is InChI=1S/C19H21F3N4O4/c20-19(21,22)30-15-3-1-2-12(6-15)7-24-8-13-10-25(11-14(13)9-24)18(29)26-5-4-16(23-26)17(27)28/h1-6,13-14,17,27-28H,7-11H2/t13-,14?/m0/s1. The molecule has 2 aliphatic rings. The number of benzene rings is 1. The van der Waals surface area contributed by atoms with Crippen molar-refractivity contribution in [2.45, 2.75) is 19.2 Å². The lowest BCUT2D eigenvalue weighted by Gasteiger charge is -2.21. The number of aliphatic hydroxyl groups is 2. The first-order valence-corrected chi connectivity index (χ1v) is 9.46. The summed E-state index contributed by atoms with van der Waals surface area (Å²) in [7, 11) is 0. The van der Waals surface area contributed by atoms with E-state index in [0.29, 0.717) is 19.6 Å². The molecule has 8 nitrogen and oxygen atoms in total. The Bertz CT molecular complexity index is 903. The number of carbonyl (C=O) groups excluding carboxylic acids is 1. The van der Waals surface area contributed by atoms with Crippen LogP contribution < -0.4 is 4.74 Å². The van der Waals surface area contributed by atoms with E-state index in [9.17, 15) is 18.0 Å². The molecule has 0 aliphatic carbocycles. The number of halogens is 3. The quantitative estimate of drug-likeness (QED) is 0.725. The number of hydrogen-bond donors (Lipinski definition) is 2. The third kappa shape index (κ3) is 4.58. The van der Waals surface area contributed by atoms with Crippen LogP contribution in [0.5, 0.6) is 5.75 Å². The minimum absolute atomic E-state index is 0.00523. The number of amides is 1. The maximum absolute atomic E-state index is 12.6. The molecule has 3 heterocycles. The van der Waals surface area contributed by atoms with E-state index in [1.807, 2.05) is 0 Å². The van der Waals surface area contributed by atoms with E-state index in [-0.39, 0.29) is 29.3 Å². The van der Waals surface area contributed by atoms with Gasteiger partial charge in [0.25, 0.3) is 0 Å². The van der Waals surface area contributed by atoms with Gasteiger partial charge in [0, 0.05) is 38.9 Å². The van der Waals surface area contributed by atoms with Gasteiger partial charge in [-0.3, -0.25) is 4.90 Å². The molecule has 11 heteroatoms. The Morgan fingerprint density at radius 2 is 1.87 bits per heavy atom. The number of likely N-dealkylation sites (tertiary alicyclic amines) is 2. The molecule has 1 aromatic heterocycles. The molecule has 1 amide bonds. The van der Waals surface area contributed by atoms with Crippen molar-refractivity contribution in [2.24, 2.45) is 11.8 Å². The third-order valence-electron chi connectivity index (χ3n) is 5.44. The van der Waals surface area contributed by atoms with Gasteiger partial charge < -0.3 is 19.8 Å². The first-order chi connectivity index (χ1) is 14.2. The number of rotatable bonds is 4. The van der Waals surface area contributed by atoms with Gasteiger partial charge in [-0.05, 0) is 35.6 Å². The van der Waals surface area contributed by atoms with E-state index < -0.39 is 12.7 Å². The topological polar surface area (TPSA) is 91.1 Å². The van der Waals surface area contributed by atoms with Crippen LogP contribution in [0.4, 0.5) is 18.0 Å². The summed E-state index contributed by atoms with van der Waals surface area (Å²) in [5.41, 5.74) is 0.738. The fraction of sp³-hybridized carbons (Fsp3) is 0.474. The minimum Gasteiger partial charge on any atom is -0.406 e. The molecule has 4 rings (SSSR count). The second kappa shape index (κ2) is 7.89. The van der Waals surface area contributed by atoms with Gasteiger partial charge in [-0.1, -0.05) is 12.1 Å². The number of hydrogen-bond acceptors (Lipinski definition) is 6. The zero-order valence-electron chi connectivity index (χ0n) is 15.9. The molecule has 0 bridgehead atoms. The summed E-state index contributed by atoms with van der Waals surface area (Å²) in [4.78, 5) is 16.4. The average molecular weight is 426 g/mol. The Morgan fingerprint density at radius 3 is 2.47 bits per heavy atom. The molecule has 1 unspecified atom stereocenters. The van der Waals surface area contributed by atoms with Gasteiger partial charge in [-0.15, -0.1) is 13.2 Å². The van der Waals surface area contributed by atoms with Crippen LogP contribution in [0.1, 0.15) is 17.5 Å². The van der Waals surface area contributed by atoms with Crippen molar-refractivity contribution in [1.82, 2.24) is 19.6 Å². The van der Waals surface area contributed by atoms with Crippen molar-refractivity contribution < 1.29 is 32.9 Å². The molecule has 0 spiro atoms. The van der Waals surface area contributed by atoms with Gasteiger partial charge in [0.05, 0.1) is 0 Å². The van der Waals surface area contributed by atoms with Crippen LogP contribution in [0, 0.1) is 11.8 Å². The zero-order chi connectivity index (χ0) is 21.5. The highest BCUT2D eigenvalue weighted by atomic mass is 19.4.